The molecule has 0 atom stereocenters. The number of hydrogen-bond acceptors (Lipinski definition) is 7. The molecule has 0 saturated heterocycles. The fourth-order valence-corrected chi connectivity index (χ4v) is 4.01. The summed E-state index contributed by atoms with van der Waals surface area (Å²) in [5.74, 6) is 0. The van der Waals surface area contributed by atoms with Crippen molar-refractivity contribution in [2.24, 2.45) is 9.98 Å². The van der Waals surface area contributed by atoms with Crippen LogP contribution in [-0.2, 0) is 63.0 Å². The topological polar surface area (TPSA) is 146 Å². The number of nitrogens with zero attached hydrogens (tertiary/aromatic N) is 3. The number of para-hydroxylation sites is 2. The zero-order valence-electron chi connectivity index (χ0n) is 27.3. The summed E-state index contributed by atoms with van der Waals surface area (Å²) < 4.78 is 115. The Morgan fingerprint density at radius 3 is 1.02 bits per heavy atom. The van der Waals surface area contributed by atoms with E-state index in [4.69, 9.17) is 40.9 Å². The fraction of sp³-hybridized carbons (Fsp3) is 0.387. The number of aliphatic imine (C=N–C) groups is 2. The second kappa shape index (κ2) is 19.3. The third-order valence-corrected chi connectivity index (χ3v) is 7.73. The second-order valence-corrected chi connectivity index (χ2v) is 12.7. The van der Waals surface area contributed by atoms with Crippen LogP contribution in [0.25, 0.3) is 0 Å². The monoisotopic (exact) mass is 781 g/mol. The molecule has 0 aliphatic rings. The minimum Gasteiger partial charge on any atom is -0.279 e. The molecule has 2 N–H and O–H groups in total. The molecule has 3 aromatic rings. The van der Waals surface area contributed by atoms with E-state index in [2.05, 4.69) is 70.2 Å². The number of benzene rings is 2. The molecular formula is C31H37F6FeN3O6S2. The molecule has 0 fully saturated rings. The molecule has 0 unspecified atom stereocenters. The Morgan fingerprint density at radius 2 is 0.816 bits per heavy atom. The van der Waals surface area contributed by atoms with Crippen molar-refractivity contribution in [3.05, 3.63) is 88.2 Å². The van der Waals surface area contributed by atoms with E-state index in [-0.39, 0.29) is 17.1 Å². The Hall–Kier alpha value is -3.15. The van der Waals surface area contributed by atoms with Gasteiger partial charge < -0.3 is 0 Å². The summed E-state index contributed by atoms with van der Waals surface area (Å²) >= 11 is 0. The van der Waals surface area contributed by atoms with Gasteiger partial charge in [-0.1, -0.05) is 70.2 Å². The Balaban J connectivity index is 0.00000112. The van der Waals surface area contributed by atoms with E-state index >= 15 is 0 Å². The summed E-state index contributed by atoms with van der Waals surface area (Å²) in [5, 5.41) is 0. The molecule has 274 valence electrons. The molecule has 18 heteroatoms. The van der Waals surface area contributed by atoms with Crippen LogP contribution in [0.3, 0.4) is 0 Å². The normalized spacial score (nSPS) is 12.6. The van der Waals surface area contributed by atoms with Crippen LogP contribution < -0.4 is 0 Å². The Kier molecular flexibility index (Phi) is 18.1. The predicted molar refractivity (Wildman–Crippen MR) is 174 cm³/mol. The molecule has 1 heterocycles. The predicted octanol–water partition coefficient (Wildman–Crippen LogP) is 8.40. The van der Waals surface area contributed by atoms with Crippen LogP contribution in [0, 0.1) is 0 Å². The summed E-state index contributed by atoms with van der Waals surface area (Å²) in [7, 11) is -11.7. The van der Waals surface area contributed by atoms with E-state index in [9.17, 15) is 26.3 Å². The van der Waals surface area contributed by atoms with Gasteiger partial charge in [-0.05, 0) is 73.9 Å². The maximum Gasteiger partial charge on any atom is 0.522 e. The quantitative estimate of drug-likeness (QED) is 0.0768. The smallest absolute Gasteiger partial charge is 0.279 e. The third-order valence-electron chi connectivity index (χ3n) is 6.56. The first-order valence-electron chi connectivity index (χ1n) is 14.4. The van der Waals surface area contributed by atoms with E-state index in [0.29, 0.717) is 0 Å². The summed E-state index contributed by atoms with van der Waals surface area (Å²) in [6.45, 7) is 12.8. The molecule has 9 nitrogen and oxygen atoms in total. The number of halogens is 6. The van der Waals surface area contributed by atoms with Crippen LogP contribution in [0.2, 0.25) is 0 Å². The number of pyridine rings is 1. The summed E-state index contributed by atoms with van der Waals surface area (Å²) in [6.07, 6.45) is 3.87. The second-order valence-electron chi connectivity index (χ2n) is 9.91. The molecule has 0 aliphatic heterocycles. The van der Waals surface area contributed by atoms with E-state index in [1.165, 1.54) is 22.3 Å². The van der Waals surface area contributed by atoms with Gasteiger partial charge in [-0.3, -0.25) is 19.1 Å². The van der Waals surface area contributed by atoms with Crippen molar-refractivity contribution in [3.63, 3.8) is 0 Å². The van der Waals surface area contributed by atoms with Crippen LogP contribution in [0.4, 0.5) is 37.7 Å². The number of alkyl halides is 6. The van der Waals surface area contributed by atoms with Gasteiger partial charge in [0, 0.05) is 17.1 Å². The summed E-state index contributed by atoms with van der Waals surface area (Å²) in [6, 6.07) is 19.1. The van der Waals surface area contributed by atoms with Gasteiger partial charge in [0.1, 0.15) is 0 Å². The first-order chi connectivity index (χ1) is 22.0. The van der Waals surface area contributed by atoms with Crippen molar-refractivity contribution in [1.29, 1.82) is 0 Å². The van der Waals surface area contributed by atoms with Gasteiger partial charge in [-0.25, -0.2) is 4.98 Å². The van der Waals surface area contributed by atoms with Crippen LogP contribution in [-0.4, -0.2) is 53.4 Å². The Bertz CT molecular complexity index is 1660. The number of aromatic nitrogens is 1. The van der Waals surface area contributed by atoms with Gasteiger partial charge in [-0.15, -0.1) is 0 Å². The van der Waals surface area contributed by atoms with Crippen molar-refractivity contribution >= 4 is 43.0 Å². The average molecular weight is 782 g/mol. The molecule has 49 heavy (non-hydrogen) atoms. The molecule has 0 radical (unpaired) electrons. The Labute approximate surface area is 293 Å². The summed E-state index contributed by atoms with van der Waals surface area (Å²) in [4.78, 5) is 15.0. The van der Waals surface area contributed by atoms with Crippen molar-refractivity contribution < 1.29 is 69.4 Å². The molecule has 1 aromatic heterocycles. The fourth-order valence-electron chi connectivity index (χ4n) is 4.01. The van der Waals surface area contributed by atoms with Gasteiger partial charge in [0.2, 0.25) is 0 Å². The average Bonchev–Trinajstić information content (AvgIpc) is 2.99. The van der Waals surface area contributed by atoms with Gasteiger partial charge in [0.25, 0.3) is 0 Å². The van der Waals surface area contributed by atoms with Gasteiger partial charge in [0.05, 0.1) is 34.2 Å². The maximum absolute atomic E-state index is 10.7. The van der Waals surface area contributed by atoms with Crippen LogP contribution >= 0.6 is 0 Å². The number of aryl methyl sites for hydroxylation is 4. The third kappa shape index (κ3) is 13.9. The van der Waals surface area contributed by atoms with Crippen LogP contribution in [0.5, 0.6) is 0 Å². The molecule has 0 spiro atoms. The zero-order valence-corrected chi connectivity index (χ0v) is 30.1. The number of rotatable bonds is 8. The van der Waals surface area contributed by atoms with Crippen molar-refractivity contribution in [2.75, 3.05) is 0 Å². The molecule has 3 rings (SSSR count). The van der Waals surface area contributed by atoms with Crippen molar-refractivity contribution in [3.8, 4) is 0 Å². The van der Waals surface area contributed by atoms with Crippen molar-refractivity contribution in [2.45, 2.75) is 78.2 Å². The maximum atomic E-state index is 10.7. The first kappa shape index (κ1) is 45.8. The Morgan fingerprint density at radius 1 is 0.592 bits per heavy atom. The van der Waals surface area contributed by atoms with Gasteiger partial charge in [-0.2, -0.15) is 43.2 Å². The SMILES string of the molecule is CCc1cccc(CC)c1N=C(C)c1cccc(C(C)=Nc2c(CC)cccc2CC)n1.O=S(=O)(O)C(F)(F)F.O=S(=O)(O)C(F)(F)F.[Fe]. The molecular weight excluding hydrogens is 744 g/mol. The van der Waals surface area contributed by atoms with Gasteiger partial charge in [0.15, 0.2) is 0 Å². The van der Waals surface area contributed by atoms with Crippen LogP contribution in [0.1, 0.15) is 75.2 Å². The minimum atomic E-state index is -5.84. The van der Waals surface area contributed by atoms with E-state index in [0.717, 1.165) is 59.9 Å². The molecule has 2 aromatic carbocycles. The number of hydrogen-bond donors (Lipinski definition) is 2. The zero-order chi connectivity index (χ0) is 37.1. The van der Waals surface area contributed by atoms with E-state index < -0.39 is 31.3 Å². The molecule has 0 amide bonds. The van der Waals surface area contributed by atoms with E-state index in [1.807, 2.05) is 26.0 Å². The molecule has 0 saturated carbocycles. The molecule has 0 aliphatic carbocycles. The van der Waals surface area contributed by atoms with Crippen molar-refractivity contribution in [1.82, 2.24) is 4.98 Å². The minimum absolute atomic E-state index is 0. The molecule has 0 bridgehead atoms. The summed E-state index contributed by atoms with van der Waals surface area (Å²) in [5.41, 5.74) is -0.122. The largest absolute Gasteiger partial charge is 0.522 e. The van der Waals surface area contributed by atoms with E-state index in [1.54, 1.807) is 0 Å². The van der Waals surface area contributed by atoms with Crippen LogP contribution in [0.15, 0.2) is 64.6 Å². The standard InChI is InChI=1S/C29H35N3.2CHF3O3S.Fe/c1-7-22-14-11-15-23(8-2)28(22)30-20(5)26-18-13-19-27(32-26)21(6)31-29-24(9-3)16-12-17-25(29)10-4;2*2-1(3,4)8(5,6)7;/h11-19H,7-10H2,1-6H3;2*(H,5,6,7);. The first-order valence-corrected chi connectivity index (χ1v) is 17.3. The van der Waals surface area contributed by atoms with Gasteiger partial charge >= 0.3 is 31.3 Å².